The molecule has 4 rings (SSSR count). The molecule has 0 radical (unpaired) electrons. The van der Waals surface area contributed by atoms with Crippen molar-refractivity contribution in [3.63, 3.8) is 0 Å². The molecule has 1 aromatic heterocycles. The van der Waals surface area contributed by atoms with Crippen LogP contribution in [0, 0.1) is 5.92 Å². The van der Waals surface area contributed by atoms with Crippen LogP contribution in [-0.4, -0.2) is 59.6 Å². The minimum atomic E-state index is -0.877. The number of hydrogen-bond acceptors (Lipinski definition) is 6. The lowest BCUT2D eigenvalue weighted by Gasteiger charge is -2.25. The standard InChI is InChI=1S/C24H29N5O4S2/c1-34-17-5-2-4-15(10-17)26-24(33)27-16-11-20(29(13-16)23(32)14-7-8-14)22(31)28-19(21(25)30)12-18-6-3-9-35-18/h2-6,9-10,14,16,19-20H,7-8,11-13H2,1H3,(H2,25,30)(H,28,31)(H2,26,27,33)/t16-,19+,20+/m1/s1. The first-order valence-corrected chi connectivity index (χ1v) is 13.6. The van der Waals surface area contributed by atoms with E-state index in [1.165, 1.54) is 16.2 Å². The molecule has 35 heavy (non-hydrogen) atoms. The number of nitrogens with zero attached hydrogens (tertiary/aromatic N) is 1. The van der Waals surface area contributed by atoms with Gasteiger partial charge in [-0.25, -0.2) is 4.79 Å². The molecule has 5 amide bonds. The van der Waals surface area contributed by atoms with Crippen LogP contribution in [0.3, 0.4) is 0 Å². The van der Waals surface area contributed by atoms with Gasteiger partial charge in [-0.05, 0) is 55.2 Å². The number of anilines is 1. The second kappa shape index (κ2) is 11.1. The number of primary amides is 1. The molecule has 0 unspecified atom stereocenters. The largest absolute Gasteiger partial charge is 0.368 e. The number of urea groups is 1. The molecule has 5 N–H and O–H groups in total. The third-order valence-electron chi connectivity index (χ3n) is 6.12. The number of thioether (sulfide) groups is 1. The topological polar surface area (TPSA) is 134 Å². The zero-order chi connectivity index (χ0) is 24.9. The molecule has 1 saturated heterocycles. The SMILES string of the molecule is CSc1cccc(NC(=O)N[C@@H]2C[C@@H](C(=O)N[C@@H](Cc3cccs3)C(N)=O)N(C(=O)C3CC3)C2)c1. The van der Waals surface area contributed by atoms with E-state index in [0.717, 1.165) is 22.6 Å². The number of thiophene rings is 1. The van der Waals surface area contributed by atoms with E-state index in [0.29, 0.717) is 12.1 Å². The predicted octanol–water partition coefficient (Wildman–Crippen LogP) is 2.18. The highest BCUT2D eigenvalue weighted by Gasteiger charge is 2.45. The van der Waals surface area contributed by atoms with Gasteiger partial charge in [0.15, 0.2) is 0 Å². The van der Waals surface area contributed by atoms with Crippen molar-refractivity contribution in [2.75, 3.05) is 18.1 Å². The molecule has 1 saturated carbocycles. The molecule has 1 aliphatic carbocycles. The van der Waals surface area contributed by atoms with Gasteiger partial charge in [0.25, 0.3) is 0 Å². The number of hydrogen-bond donors (Lipinski definition) is 4. The van der Waals surface area contributed by atoms with Gasteiger partial charge in [0.1, 0.15) is 12.1 Å². The average molecular weight is 516 g/mol. The van der Waals surface area contributed by atoms with Gasteiger partial charge in [0, 0.05) is 34.3 Å². The molecule has 1 aromatic carbocycles. The molecule has 3 atom stereocenters. The Bertz CT molecular complexity index is 1090. The molecule has 9 nitrogen and oxygen atoms in total. The van der Waals surface area contributed by atoms with Crippen molar-refractivity contribution < 1.29 is 19.2 Å². The Hall–Kier alpha value is -3.05. The zero-order valence-electron chi connectivity index (χ0n) is 19.4. The van der Waals surface area contributed by atoms with E-state index in [1.807, 2.05) is 42.0 Å². The number of benzene rings is 1. The highest BCUT2D eigenvalue weighted by molar-refractivity contribution is 7.98. The average Bonchev–Trinajstić information content (AvgIpc) is 3.40. The van der Waals surface area contributed by atoms with E-state index in [4.69, 9.17) is 5.73 Å². The van der Waals surface area contributed by atoms with Crippen molar-refractivity contribution in [2.24, 2.45) is 11.7 Å². The second-order valence-electron chi connectivity index (χ2n) is 8.79. The highest BCUT2D eigenvalue weighted by atomic mass is 32.2. The fourth-order valence-corrected chi connectivity index (χ4v) is 5.38. The first kappa shape index (κ1) is 25.1. The summed E-state index contributed by atoms with van der Waals surface area (Å²) in [5, 5.41) is 10.3. The maximum absolute atomic E-state index is 13.2. The minimum absolute atomic E-state index is 0.0785. The molecule has 186 valence electrons. The molecule has 2 aromatic rings. The van der Waals surface area contributed by atoms with Gasteiger partial charge >= 0.3 is 6.03 Å². The van der Waals surface area contributed by atoms with Gasteiger partial charge in [-0.15, -0.1) is 23.1 Å². The zero-order valence-corrected chi connectivity index (χ0v) is 21.0. The van der Waals surface area contributed by atoms with Gasteiger partial charge in [0.2, 0.25) is 17.7 Å². The van der Waals surface area contributed by atoms with Crippen LogP contribution in [-0.2, 0) is 20.8 Å². The first-order chi connectivity index (χ1) is 16.8. The van der Waals surface area contributed by atoms with E-state index in [9.17, 15) is 19.2 Å². The van der Waals surface area contributed by atoms with Crippen molar-refractivity contribution in [2.45, 2.75) is 48.7 Å². The summed E-state index contributed by atoms with van der Waals surface area (Å²) in [7, 11) is 0. The molecule has 2 fully saturated rings. The molecule has 2 aliphatic rings. The summed E-state index contributed by atoms with van der Waals surface area (Å²) < 4.78 is 0. The summed E-state index contributed by atoms with van der Waals surface area (Å²) in [5.41, 5.74) is 6.20. The molecule has 1 aliphatic heterocycles. The highest BCUT2D eigenvalue weighted by Crippen LogP contribution is 2.34. The van der Waals surface area contributed by atoms with Gasteiger partial charge in [-0.3, -0.25) is 14.4 Å². The quantitative estimate of drug-likeness (QED) is 0.380. The lowest BCUT2D eigenvalue weighted by molar-refractivity contribution is -0.140. The number of likely N-dealkylation sites (tertiary alicyclic amines) is 1. The lowest BCUT2D eigenvalue weighted by atomic mass is 10.1. The van der Waals surface area contributed by atoms with Gasteiger partial charge in [-0.2, -0.15) is 0 Å². The van der Waals surface area contributed by atoms with Gasteiger partial charge in [0.05, 0.1) is 6.04 Å². The molecule has 0 spiro atoms. The lowest BCUT2D eigenvalue weighted by Crippen LogP contribution is -2.53. The van der Waals surface area contributed by atoms with E-state index in [1.54, 1.807) is 17.8 Å². The molecule has 2 heterocycles. The number of rotatable bonds is 9. The van der Waals surface area contributed by atoms with Crippen LogP contribution in [0.1, 0.15) is 24.1 Å². The summed E-state index contributed by atoms with van der Waals surface area (Å²) in [5.74, 6) is -1.23. The van der Waals surface area contributed by atoms with Crippen LogP contribution in [0.2, 0.25) is 0 Å². The Morgan fingerprint density at radius 3 is 2.66 bits per heavy atom. The van der Waals surface area contributed by atoms with E-state index in [2.05, 4.69) is 16.0 Å². The molecular formula is C24H29N5O4S2. The van der Waals surface area contributed by atoms with Crippen LogP contribution >= 0.6 is 23.1 Å². The summed E-state index contributed by atoms with van der Waals surface area (Å²) in [6.45, 7) is 0.234. The van der Waals surface area contributed by atoms with E-state index >= 15 is 0 Å². The van der Waals surface area contributed by atoms with Crippen LogP contribution in [0.4, 0.5) is 10.5 Å². The Balaban J connectivity index is 1.41. The van der Waals surface area contributed by atoms with E-state index in [-0.39, 0.29) is 24.8 Å². The Morgan fingerprint density at radius 1 is 1.20 bits per heavy atom. The maximum atomic E-state index is 13.2. The molecule has 0 bridgehead atoms. The normalized spacial score (nSPS) is 20.2. The van der Waals surface area contributed by atoms with Crippen LogP contribution in [0.15, 0.2) is 46.7 Å². The second-order valence-corrected chi connectivity index (χ2v) is 10.7. The Morgan fingerprint density at radius 2 is 2.00 bits per heavy atom. The number of carbonyl (C=O) groups excluding carboxylic acids is 4. The van der Waals surface area contributed by atoms with Crippen molar-refractivity contribution in [3.05, 3.63) is 46.7 Å². The number of carbonyl (C=O) groups is 4. The van der Waals surface area contributed by atoms with Crippen molar-refractivity contribution >= 4 is 52.5 Å². The number of nitrogens with two attached hydrogens (primary N) is 1. The summed E-state index contributed by atoms with van der Waals surface area (Å²) in [4.78, 5) is 54.2. The number of amides is 5. The Kier molecular flexibility index (Phi) is 7.97. The first-order valence-electron chi connectivity index (χ1n) is 11.5. The molecule has 11 heteroatoms. The summed E-state index contributed by atoms with van der Waals surface area (Å²) in [6, 6.07) is 8.76. The summed E-state index contributed by atoms with van der Waals surface area (Å²) in [6.07, 6.45) is 4.11. The monoisotopic (exact) mass is 515 g/mol. The van der Waals surface area contributed by atoms with Crippen molar-refractivity contribution in [1.29, 1.82) is 0 Å². The van der Waals surface area contributed by atoms with Crippen LogP contribution < -0.4 is 21.7 Å². The van der Waals surface area contributed by atoms with E-state index < -0.39 is 36.0 Å². The molecular weight excluding hydrogens is 486 g/mol. The smallest absolute Gasteiger partial charge is 0.319 e. The maximum Gasteiger partial charge on any atom is 0.319 e. The number of nitrogens with one attached hydrogen (secondary N) is 3. The third-order valence-corrected chi connectivity index (χ3v) is 7.75. The predicted molar refractivity (Wildman–Crippen MR) is 136 cm³/mol. The van der Waals surface area contributed by atoms with Crippen molar-refractivity contribution in [3.8, 4) is 0 Å². The fraction of sp³-hybridized carbons (Fsp3) is 0.417. The van der Waals surface area contributed by atoms with Gasteiger partial charge in [-0.1, -0.05) is 12.1 Å². The van der Waals surface area contributed by atoms with Crippen LogP contribution in [0.5, 0.6) is 0 Å². The third kappa shape index (κ3) is 6.55. The fourth-order valence-electron chi connectivity index (χ4n) is 4.17. The van der Waals surface area contributed by atoms with Crippen molar-refractivity contribution in [1.82, 2.24) is 15.5 Å². The minimum Gasteiger partial charge on any atom is -0.368 e. The Labute approximate surface area is 212 Å². The summed E-state index contributed by atoms with van der Waals surface area (Å²) >= 11 is 3.05. The van der Waals surface area contributed by atoms with Crippen LogP contribution in [0.25, 0.3) is 0 Å². The van der Waals surface area contributed by atoms with Gasteiger partial charge < -0.3 is 26.6 Å².